The Labute approximate surface area is 232 Å². The molecule has 0 aromatic heterocycles. The molecular weight excluding hydrogens is 532 g/mol. The van der Waals surface area contributed by atoms with E-state index in [-0.39, 0.29) is 37.9 Å². The van der Waals surface area contributed by atoms with Gasteiger partial charge in [0.1, 0.15) is 18.7 Å². The Bertz CT molecular complexity index is 1040. The number of nitrogens with zero attached hydrogens (tertiary/aromatic N) is 1. The first-order valence-corrected chi connectivity index (χ1v) is 12.7. The van der Waals surface area contributed by atoms with Gasteiger partial charge in [0.15, 0.2) is 0 Å². The van der Waals surface area contributed by atoms with Crippen molar-refractivity contribution in [1.82, 2.24) is 20.9 Å². The maximum Gasteiger partial charge on any atom is 0.408 e. The molecule has 0 spiro atoms. The third kappa shape index (κ3) is 11.9. The van der Waals surface area contributed by atoms with Gasteiger partial charge in [-0.2, -0.15) is 0 Å². The fourth-order valence-electron chi connectivity index (χ4n) is 3.42. The highest BCUT2D eigenvalue weighted by Gasteiger charge is 2.29. The lowest BCUT2D eigenvalue weighted by Crippen LogP contribution is -2.54. The van der Waals surface area contributed by atoms with E-state index in [4.69, 9.17) is 22.1 Å². The van der Waals surface area contributed by atoms with Gasteiger partial charge in [-0.3, -0.25) is 9.59 Å². The third-order valence-electron chi connectivity index (χ3n) is 5.51. The van der Waals surface area contributed by atoms with Gasteiger partial charge in [0.2, 0.25) is 11.8 Å². The average molecular weight is 569 g/mol. The van der Waals surface area contributed by atoms with Crippen LogP contribution >= 0.6 is 11.6 Å². The Morgan fingerprint density at radius 2 is 1.85 bits per heavy atom. The highest BCUT2D eigenvalue weighted by Crippen LogP contribution is 2.20. The molecule has 13 nitrogen and oxygen atoms in total. The molecule has 2 atom stereocenters. The average Bonchev–Trinajstić information content (AvgIpc) is 2.87. The summed E-state index contributed by atoms with van der Waals surface area (Å²) < 4.78 is 4.90. The first-order valence-electron chi connectivity index (χ1n) is 12.2. The van der Waals surface area contributed by atoms with Crippen molar-refractivity contribution in [3.8, 4) is 0 Å². The number of halogens is 1. The van der Waals surface area contributed by atoms with Gasteiger partial charge in [-0.15, -0.1) is 11.6 Å². The van der Waals surface area contributed by atoms with Gasteiger partial charge in [0, 0.05) is 31.7 Å². The third-order valence-corrected chi connectivity index (χ3v) is 5.80. The molecule has 14 heteroatoms. The van der Waals surface area contributed by atoms with E-state index in [1.165, 1.54) is 13.1 Å². The minimum absolute atomic E-state index is 0.0388. The number of nitrogens with one attached hydrogen (secondary N) is 4. The van der Waals surface area contributed by atoms with Crippen molar-refractivity contribution >= 4 is 47.3 Å². The Morgan fingerprint density at radius 1 is 1.15 bits per heavy atom. The summed E-state index contributed by atoms with van der Waals surface area (Å²) in [5.74, 6) is -1.36. The molecule has 0 saturated heterocycles. The van der Waals surface area contributed by atoms with Gasteiger partial charge in [0.25, 0.3) is 0 Å². The maximum absolute atomic E-state index is 13.2. The van der Waals surface area contributed by atoms with Crippen LogP contribution in [0.15, 0.2) is 30.9 Å². The molecule has 6 amide bonds. The number of urea groups is 1. The number of hydrogen-bond acceptors (Lipinski definition) is 6. The van der Waals surface area contributed by atoms with E-state index in [9.17, 15) is 29.1 Å². The number of hydrogen-bond donors (Lipinski definition) is 6. The number of nitrogens with two attached hydrogens (primary N) is 1. The van der Waals surface area contributed by atoms with Gasteiger partial charge >= 0.3 is 18.2 Å². The maximum atomic E-state index is 13.2. The SMILES string of the molecule is C=CCOC(=O)NC(C(=O)NC(CCCNC(N)=O)C(=O)Nc1ccc(CCl)c(CN(C)C(=O)O)c1)C(C)C. The highest BCUT2D eigenvalue weighted by atomic mass is 35.5. The van der Waals surface area contributed by atoms with Crippen LogP contribution in [-0.2, 0) is 26.8 Å². The van der Waals surface area contributed by atoms with E-state index in [0.717, 1.165) is 4.90 Å². The van der Waals surface area contributed by atoms with Crippen LogP contribution < -0.4 is 27.0 Å². The topological polar surface area (TPSA) is 192 Å². The molecular formula is C25H37ClN6O7. The number of carbonyl (C=O) groups is 5. The van der Waals surface area contributed by atoms with Gasteiger partial charge in [0.05, 0.1) is 0 Å². The number of rotatable bonds is 15. The van der Waals surface area contributed by atoms with Crippen LogP contribution in [0.25, 0.3) is 0 Å². The number of carbonyl (C=O) groups excluding carboxylic acids is 4. The summed E-state index contributed by atoms with van der Waals surface area (Å²) in [5.41, 5.74) is 6.75. The van der Waals surface area contributed by atoms with Crippen LogP contribution in [0, 0.1) is 5.92 Å². The summed E-state index contributed by atoms with van der Waals surface area (Å²) >= 11 is 5.99. The van der Waals surface area contributed by atoms with E-state index >= 15 is 0 Å². The van der Waals surface area contributed by atoms with E-state index in [2.05, 4.69) is 27.8 Å². The number of alkyl carbamates (subject to hydrolysis) is 1. The second kappa shape index (κ2) is 16.8. The largest absolute Gasteiger partial charge is 0.465 e. The predicted molar refractivity (Wildman–Crippen MR) is 146 cm³/mol. The summed E-state index contributed by atoms with van der Waals surface area (Å²) in [6.07, 6.45) is -0.108. The molecule has 0 aliphatic heterocycles. The monoisotopic (exact) mass is 568 g/mol. The van der Waals surface area contributed by atoms with Crippen molar-refractivity contribution in [3.05, 3.63) is 42.0 Å². The Balaban J connectivity index is 3.10. The van der Waals surface area contributed by atoms with Crippen molar-refractivity contribution in [1.29, 1.82) is 0 Å². The lowest BCUT2D eigenvalue weighted by molar-refractivity contribution is -0.128. The fraction of sp³-hybridized carbons (Fsp3) is 0.480. The molecule has 0 aliphatic carbocycles. The number of benzene rings is 1. The van der Waals surface area contributed by atoms with E-state index in [0.29, 0.717) is 23.2 Å². The smallest absolute Gasteiger partial charge is 0.408 e. The van der Waals surface area contributed by atoms with Gasteiger partial charge in [-0.05, 0) is 42.0 Å². The van der Waals surface area contributed by atoms with Gasteiger partial charge in [-0.25, -0.2) is 14.4 Å². The van der Waals surface area contributed by atoms with Crippen molar-refractivity contribution in [2.75, 3.05) is 25.5 Å². The fourth-order valence-corrected chi connectivity index (χ4v) is 3.68. The molecule has 1 aromatic carbocycles. The van der Waals surface area contributed by atoms with E-state index in [1.807, 2.05) is 0 Å². The molecule has 1 rings (SSSR count). The molecule has 216 valence electrons. The zero-order chi connectivity index (χ0) is 29.5. The van der Waals surface area contributed by atoms with Crippen molar-refractivity contribution < 1.29 is 33.8 Å². The predicted octanol–water partition coefficient (Wildman–Crippen LogP) is 2.34. The molecule has 0 radical (unpaired) electrons. The number of ether oxygens (including phenoxy) is 1. The van der Waals surface area contributed by atoms with Crippen molar-refractivity contribution in [2.24, 2.45) is 11.7 Å². The summed E-state index contributed by atoms with van der Waals surface area (Å²) in [6, 6.07) is 2.13. The molecule has 0 fully saturated rings. The number of alkyl halides is 1. The molecule has 0 saturated carbocycles. The van der Waals surface area contributed by atoms with Gasteiger partial charge in [-0.1, -0.05) is 32.6 Å². The van der Waals surface area contributed by atoms with Crippen LogP contribution in [0.3, 0.4) is 0 Å². The standard InChI is InChI=1S/C25H37ClN6O7/c1-5-11-39-24(36)31-20(15(2)3)22(34)30-19(7-6-10-28-23(27)35)21(33)29-18-9-8-16(13-26)17(12-18)14-32(4)25(37)38/h5,8-9,12,15,19-20H,1,6-7,10-11,13-14H2,2-4H3,(H,29,33)(H,30,34)(H,31,36)(H,37,38)(H3,27,28,35). The molecule has 0 aliphatic rings. The zero-order valence-corrected chi connectivity index (χ0v) is 23.0. The van der Waals surface area contributed by atoms with Crippen LogP contribution in [0.5, 0.6) is 0 Å². The molecule has 2 unspecified atom stereocenters. The Kier molecular flexibility index (Phi) is 14.2. The zero-order valence-electron chi connectivity index (χ0n) is 22.3. The van der Waals surface area contributed by atoms with Crippen LogP contribution in [0.1, 0.15) is 37.8 Å². The van der Waals surface area contributed by atoms with Crippen LogP contribution in [-0.4, -0.2) is 72.3 Å². The quantitative estimate of drug-likeness (QED) is 0.106. The molecule has 39 heavy (non-hydrogen) atoms. The minimum atomic E-state index is -1.13. The first kappa shape index (κ1) is 33.0. The minimum Gasteiger partial charge on any atom is -0.465 e. The Morgan fingerprint density at radius 3 is 2.41 bits per heavy atom. The second-order valence-electron chi connectivity index (χ2n) is 8.99. The summed E-state index contributed by atoms with van der Waals surface area (Å²) in [4.78, 5) is 61.7. The van der Waals surface area contributed by atoms with Crippen molar-refractivity contribution in [2.45, 2.75) is 51.2 Å². The van der Waals surface area contributed by atoms with Gasteiger partial charge < -0.3 is 41.7 Å². The molecule has 0 bridgehead atoms. The number of anilines is 1. The number of carboxylic acid groups (broad SMARTS) is 1. The lowest BCUT2D eigenvalue weighted by Gasteiger charge is -2.25. The molecule has 1 aromatic rings. The highest BCUT2D eigenvalue weighted by molar-refractivity contribution is 6.17. The van der Waals surface area contributed by atoms with E-state index in [1.54, 1.807) is 32.0 Å². The normalized spacial score (nSPS) is 12.0. The number of amides is 6. The van der Waals surface area contributed by atoms with Crippen LogP contribution in [0.4, 0.5) is 20.1 Å². The van der Waals surface area contributed by atoms with E-state index < -0.39 is 42.1 Å². The lowest BCUT2D eigenvalue weighted by atomic mass is 10.0. The van der Waals surface area contributed by atoms with Crippen LogP contribution in [0.2, 0.25) is 0 Å². The Hall–Kier alpha value is -4.00. The summed E-state index contributed by atoms with van der Waals surface area (Å²) in [5, 5.41) is 19.5. The molecule has 0 heterocycles. The second-order valence-corrected chi connectivity index (χ2v) is 9.26. The van der Waals surface area contributed by atoms with Crippen molar-refractivity contribution in [3.63, 3.8) is 0 Å². The molecule has 7 N–H and O–H groups in total. The first-order chi connectivity index (χ1) is 18.4. The number of primary amides is 1. The summed E-state index contributed by atoms with van der Waals surface area (Å²) in [7, 11) is 1.41. The summed E-state index contributed by atoms with van der Waals surface area (Å²) in [6.45, 7) is 7.08.